The number of carbonyl (C=O) groups excluding carboxylic acids is 2. The highest BCUT2D eigenvalue weighted by Gasteiger charge is 2.49. The summed E-state index contributed by atoms with van der Waals surface area (Å²) in [7, 11) is 1.23. The Labute approximate surface area is 99.2 Å². The fourth-order valence-electron chi connectivity index (χ4n) is 2.28. The quantitative estimate of drug-likeness (QED) is 0.611. The Balaban J connectivity index is 2.49. The molecule has 0 heterocycles. The van der Waals surface area contributed by atoms with Gasteiger partial charge in [0.15, 0.2) is 11.2 Å². The zero-order chi connectivity index (χ0) is 12.5. The number of rotatable bonds is 2. The van der Waals surface area contributed by atoms with Gasteiger partial charge in [-0.1, -0.05) is 24.3 Å². The first-order valence-corrected chi connectivity index (χ1v) is 5.47. The summed E-state index contributed by atoms with van der Waals surface area (Å²) in [6, 6.07) is 7.16. The summed E-state index contributed by atoms with van der Waals surface area (Å²) in [5.74, 6) is -0.992. The Kier molecular flexibility index (Phi) is 2.98. The number of aliphatic hydroxyl groups is 1. The molecule has 4 heteroatoms. The Morgan fingerprint density at radius 2 is 2.18 bits per heavy atom. The molecule has 0 radical (unpaired) electrons. The van der Waals surface area contributed by atoms with Gasteiger partial charge in [0.05, 0.1) is 13.7 Å². The van der Waals surface area contributed by atoms with E-state index in [1.165, 1.54) is 7.11 Å². The minimum atomic E-state index is -1.41. The molecule has 1 aromatic carbocycles. The number of esters is 1. The predicted molar refractivity (Wildman–Crippen MR) is 60.6 cm³/mol. The van der Waals surface area contributed by atoms with Crippen LogP contribution in [0.15, 0.2) is 24.3 Å². The van der Waals surface area contributed by atoms with Gasteiger partial charge in [0.2, 0.25) is 0 Å². The van der Waals surface area contributed by atoms with Gasteiger partial charge < -0.3 is 9.84 Å². The second kappa shape index (κ2) is 4.30. The average Bonchev–Trinajstić information content (AvgIpc) is 2.39. The van der Waals surface area contributed by atoms with E-state index in [-0.39, 0.29) is 5.78 Å². The van der Waals surface area contributed by atoms with Crippen molar-refractivity contribution in [3.8, 4) is 0 Å². The Morgan fingerprint density at radius 1 is 1.47 bits per heavy atom. The van der Waals surface area contributed by atoms with Gasteiger partial charge in [-0.2, -0.15) is 0 Å². The molecule has 1 aliphatic rings. The SMILES string of the molecule is COC(=O)C1(CO)CCc2ccccc2C1=O. The van der Waals surface area contributed by atoms with Crippen LogP contribution in [0.2, 0.25) is 0 Å². The minimum absolute atomic E-state index is 0.298. The van der Waals surface area contributed by atoms with E-state index in [4.69, 9.17) is 0 Å². The molecule has 1 N–H and O–H groups in total. The number of aryl methyl sites for hydroxylation is 1. The zero-order valence-electron chi connectivity index (χ0n) is 9.60. The molecule has 17 heavy (non-hydrogen) atoms. The first-order valence-electron chi connectivity index (χ1n) is 5.47. The van der Waals surface area contributed by atoms with Crippen LogP contribution >= 0.6 is 0 Å². The molecule has 0 spiro atoms. The van der Waals surface area contributed by atoms with Gasteiger partial charge in [-0.05, 0) is 18.4 Å². The third-order valence-electron chi connectivity index (χ3n) is 3.36. The summed E-state index contributed by atoms with van der Waals surface area (Å²) in [6.07, 6.45) is 0.892. The number of hydrogen-bond donors (Lipinski definition) is 1. The summed E-state index contributed by atoms with van der Waals surface area (Å²) in [6.45, 7) is -0.507. The van der Waals surface area contributed by atoms with Crippen molar-refractivity contribution < 1.29 is 19.4 Å². The molecule has 1 aliphatic carbocycles. The van der Waals surface area contributed by atoms with Crippen molar-refractivity contribution in [2.45, 2.75) is 12.8 Å². The lowest BCUT2D eigenvalue weighted by atomic mass is 9.71. The Bertz CT molecular complexity index is 466. The molecule has 0 aliphatic heterocycles. The van der Waals surface area contributed by atoms with Crippen LogP contribution in [0.4, 0.5) is 0 Å². The smallest absolute Gasteiger partial charge is 0.322 e. The molecule has 2 rings (SSSR count). The number of ketones is 1. The highest BCUT2D eigenvalue weighted by Crippen LogP contribution is 2.36. The van der Waals surface area contributed by atoms with Crippen molar-refractivity contribution in [2.24, 2.45) is 5.41 Å². The summed E-state index contributed by atoms with van der Waals surface area (Å²) in [5, 5.41) is 9.42. The second-order valence-electron chi connectivity index (χ2n) is 4.22. The molecule has 1 atom stereocenters. The third-order valence-corrected chi connectivity index (χ3v) is 3.36. The van der Waals surface area contributed by atoms with Crippen molar-refractivity contribution in [2.75, 3.05) is 13.7 Å². The number of ether oxygens (including phenoxy) is 1. The maximum absolute atomic E-state index is 12.3. The number of hydrogen-bond acceptors (Lipinski definition) is 4. The summed E-state index contributed by atoms with van der Waals surface area (Å²) >= 11 is 0. The standard InChI is InChI=1S/C13H14O4/c1-17-12(16)13(8-14)7-6-9-4-2-3-5-10(9)11(13)15/h2-5,14H,6-8H2,1H3. The highest BCUT2D eigenvalue weighted by atomic mass is 16.5. The van der Waals surface area contributed by atoms with E-state index in [0.29, 0.717) is 18.4 Å². The summed E-state index contributed by atoms with van der Waals surface area (Å²) in [5.41, 5.74) is 0.0204. The summed E-state index contributed by atoms with van der Waals surface area (Å²) < 4.78 is 4.65. The number of carbonyl (C=O) groups is 2. The number of fused-ring (bicyclic) bond motifs is 1. The van der Waals surface area contributed by atoms with E-state index >= 15 is 0 Å². The van der Waals surface area contributed by atoms with Crippen molar-refractivity contribution in [3.63, 3.8) is 0 Å². The van der Waals surface area contributed by atoms with E-state index in [9.17, 15) is 14.7 Å². The van der Waals surface area contributed by atoms with Crippen LogP contribution in [0.5, 0.6) is 0 Å². The molecule has 4 nitrogen and oxygen atoms in total. The lowest BCUT2D eigenvalue weighted by Crippen LogP contribution is -2.46. The van der Waals surface area contributed by atoms with E-state index in [1.54, 1.807) is 12.1 Å². The fourth-order valence-corrected chi connectivity index (χ4v) is 2.28. The van der Waals surface area contributed by atoms with Crippen LogP contribution in [0.3, 0.4) is 0 Å². The van der Waals surface area contributed by atoms with Crippen LogP contribution in [0.25, 0.3) is 0 Å². The monoisotopic (exact) mass is 234 g/mol. The maximum atomic E-state index is 12.3. The first-order chi connectivity index (χ1) is 8.15. The normalized spacial score (nSPS) is 23.1. The molecule has 0 bridgehead atoms. The van der Waals surface area contributed by atoms with Crippen molar-refractivity contribution in [1.82, 2.24) is 0 Å². The number of Topliss-reactive ketones (excluding diaryl/α,β-unsaturated/α-hetero) is 1. The van der Waals surface area contributed by atoms with Gasteiger partial charge in [0.25, 0.3) is 0 Å². The molecule has 0 saturated heterocycles. The van der Waals surface area contributed by atoms with Crippen LogP contribution in [-0.2, 0) is 16.0 Å². The molecule has 0 fully saturated rings. The number of benzene rings is 1. The molecule has 90 valence electrons. The molecule has 1 aromatic rings. The first kappa shape index (κ1) is 11.8. The maximum Gasteiger partial charge on any atom is 0.322 e. The third kappa shape index (κ3) is 1.65. The zero-order valence-corrected chi connectivity index (χ0v) is 9.60. The van der Waals surface area contributed by atoms with Gasteiger partial charge in [-0.25, -0.2) is 0 Å². The molecule has 0 amide bonds. The second-order valence-corrected chi connectivity index (χ2v) is 4.22. The number of aliphatic hydroxyl groups excluding tert-OH is 1. The van der Waals surface area contributed by atoms with Crippen LogP contribution in [0, 0.1) is 5.41 Å². The fraction of sp³-hybridized carbons (Fsp3) is 0.385. The van der Waals surface area contributed by atoms with Gasteiger partial charge in [-0.15, -0.1) is 0 Å². The Hall–Kier alpha value is -1.68. The van der Waals surface area contributed by atoms with Crippen LogP contribution in [-0.4, -0.2) is 30.6 Å². The largest absolute Gasteiger partial charge is 0.468 e. The van der Waals surface area contributed by atoms with E-state index in [1.807, 2.05) is 12.1 Å². The summed E-state index contributed by atoms with van der Waals surface area (Å²) in [4.78, 5) is 24.0. The Morgan fingerprint density at radius 3 is 2.82 bits per heavy atom. The van der Waals surface area contributed by atoms with Gasteiger partial charge in [-0.3, -0.25) is 9.59 Å². The average molecular weight is 234 g/mol. The molecule has 1 unspecified atom stereocenters. The van der Waals surface area contributed by atoms with Gasteiger partial charge in [0.1, 0.15) is 0 Å². The predicted octanol–water partition coefficient (Wildman–Crippen LogP) is 0.967. The van der Waals surface area contributed by atoms with Gasteiger partial charge >= 0.3 is 5.97 Å². The molecule has 0 aromatic heterocycles. The van der Waals surface area contributed by atoms with Crippen molar-refractivity contribution in [1.29, 1.82) is 0 Å². The van der Waals surface area contributed by atoms with Crippen molar-refractivity contribution >= 4 is 11.8 Å². The molecular formula is C13H14O4. The van der Waals surface area contributed by atoms with E-state index in [0.717, 1.165) is 5.56 Å². The topological polar surface area (TPSA) is 63.6 Å². The lowest BCUT2D eigenvalue weighted by molar-refractivity contribution is -0.152. The van der Waals surface area contributed by atoms with Crippen LogP contribution in [0.1, 0.15) is 22.3 Å². The number of methoxy groups -OCH3 is 1. The van der Waals surface area contributed by atoms with E-state index < -0.39 is 18.0 Å². The van der Waals surface area contributed by atoms with E-state index in [2.05, 4.69) is 4.74 Å². The lowest BCUT2D eigenvalue weighted by Gasteiger charge is -2.32. The molecule has 0 saturated carbocycles. The van der Waals surface area contributed by atoms with Crippen LogP contribution < -0.4 is 0 Å². The molecular weight excluding hydrogens is 220 g/mol. The highest BCUT2D eigenvalue weighted by molar-refractivity contribution is 6.14. The minimum Gasteiger partial charge on any atom is -0.468 e. The van der Waals surface area contributed by atoms with Crippen molar-refractivity contribution in [3.05, 3.63) is 35.4 Å². The van der Waals surface area contributed by atoms with Gasteiger partial charge in [0, 0.05) is 5.56 Å².